The number of ether oxygens (including phenoxy) is 1. The lowest BCUT2D eigenvalue weighted by Gasteiger charge is -2.39. The van der Waals surface area contributed by atoms with Crippen molar-refractivity contribution in [1.29, 1.82) is 0 Å². The lowest BCUT2D eigenvalue weighted by Crippen LogP contribution is -2.48. The second-order valence-corrected chi connectivity index (χ2v) is 7.01. The molecule has 0 radical (unpaired) electrons. The van der Waals surface area contributed by atoms with E-state index in [1.165, 1.54) is 12.1 Å². The summed E-state index contributed by atoms with van der Waals surface area (Å²) in [6, 6.07) is 6.58. The summed E-state index contributed by atoms with van der Waals surface area (Å²) in [7, 11) is 0. The molecule has 0 saturated carbocycles. The Hall–Kier alpha value is -0.930. The number of hydrogen-bond donors (Lipinski definition) is 1. The summed E-state index contributed by atoms with van der Waals surface area (Å²) in [6.45, 7) is 10.3. The second kappa shape index (κ2) is 4.29. The van der Waals surface area contributed by atoms with Crippen LogP contribution >= 0.6 is 0 Å². The van der Waals surface area contributed by atoms with Crippen LogP contribution in [0.1, 0.15) is 46.6 Å². The molecule has 1 aromatic rings. The Morgan fingerprint density at radius 3 is 2.42 bits per heavy atom. The van der Waals surface area contributed by atoms with Crippen LogP contribution in [0, 0.1) is 11.7 Å². The van der Waals surface area contributed by atoms with Crippen molar-refractivity contribution in [3.8, 4) is 0 Å². The van der Waals surface area contributed by atoms with E-state index in [1.54, 1.807) is 6.07 Å². The molecule has 1 heterocycles. The van der Waals surface area contributed by atoms with Crippen LogP contribution in [-0.2, 0) is 10.3 Å². The van der Waals surface area contributed by atoms with Crippen LogP contribution in [0.2, 0.25) is 0 Å². The predicted molar refractivity (Wildman–Crippen MR) is 75.3 cm³/mol. The summed E-state index contributed by atoms with van der Waals surface area (Å²) in [5.41, 5.74) is 6.26. The maximum atomic E-state index is 13.4. The zero-order chi connectivity index (χ0) is 14.5. The van der Waals surface area contributed by atoms with Crippen LogP contribution in [0.15, 0.2) is 24.3 Å². The van der Waals surface area contributed by atoms with E-state index in [0.717, 1.165) is 12.0 Å². The molecule has 1 aliphatic rings. The fraction of sp³-hybridized carbons (Fsp3) is 0.625. The molecule has 2 N–H and O–H groups in total. The van der Waals surface area contributed by atoms with Gasteiger partial charge in [-0.15, -0.1) is 0 Å². The lowest BCUT2D eigenvalue weighted by atomic mass is 9.70. The molecule has 2 nitrogen and oxygen atoms in total. The summed E-state index contributed by atoms with van der Waals surface area (Å²) in [5.74, 6) is -0.109. The Bertz CT molecular complexity index is 479. The third-order valence-corrected chi connectivity index (χ3v) is 4.24. The molecule has 1 saturated heterocycles. The first-order valence-electron chi connectivity index (χ1n) is 6.80. The van der Waals surface area contributed by atoms with Crippen molar-refractivity contribution in [3.63, 3.8) is 0 Å². The van der Waals surface area contributed by atoms with Gasteiger partial charge in [-0.3, -0.25) is 0 Å². The van der Waals surface area contributed by atoms with Crippen LogP contribution in [0.25, 0.3) is 0 Å². The van der Waals surface area contributed by atoms with Crippen LogP contribution in [0.5, 0.6) is 0 Å². The molecule has 0 aromatic heterocycles. The van der Waals surface area contributed by atoms with E-state index < -0.39 is 5.54 Å². The van der Waals surface area contributed by atoms with E-state index in [9.17, 15) is 4.39 Å². The molecule has 106 valence electrons. The molecule has 0 spiro atoms. The van der Waals surface area contributed by atoms with Crippen molar-refractivity contribution in [3.05, 3.63) is 35.6 Å². The molecule has 19 heavy (non-hydrogen) atoms. The van der Waals surface area contributed by atoms with E-state index in [1.807, 2.05) is 13.0 Å². The third-order valence-electron chi connectivity index (χ3n) is 4.24. The molecule has 1 fully saturated rings. The van der Waals surface area contributed by atoms with Gasteiger partial charge in [0.1, 0.15) is 5.82 Å². The molecule has 2 rings (SSSR count). The van der Waals surface area contributed by atoms with E-state index in [2.05, 4.69) is 27.7 Å². The molecule has 0 amide bonds. The molecule has 0 aliphatic carbocycles. The van der Waals surface area contributed by atoms with Gasteiger partial charge in [0, 0.05) is 11.5 Å². The first-order chi connectivity index (χ1) is 8.55. The fourth-order valence-electron chi connectivity index (χ4n) is 3.52. The van der Waals surface area contributed by atoms with Gasteiger partial charge in [-0.1, -0.05) is 12.1 Å². The average Bonchev–Trinajstić information content (AvgIpc) is 2.47. The van der Waals surface area contributed by atoms with Gasteiger partial charge in [0.25, 0.3) is 0 Å². The molecule has 2 unspecified atom stereocenters. The largest absolute Gasteiger partial charge is 0.369 e. The van der Waals surface area contributed by atoms with E-state index in [0.29, 0.717) is 0 Å². The minimum Gasteiger partial charge on any atom is -0.369 e. The SMILES string of the molecule is CC1(C)CC(C(C)(N)c2cccc(F)c2)C(C)(C)O1. The van der Waals surface area contributed by atoms with Crippen molar-refractivity contribution in [2.24, 2.45) is 11.7 Å². The summed E-state index contributed by atoms with van der Waals surface area (Å²) in [6.07, 6.45) is 0.865. The standard InChI is InChI=1S/C16H24FNO/c1-14(2)10-13(15(3,4)19-14)16(5,18)11-7-6-8-12(17)9-11/h6-9,13H,10,18H2,1-5H3. The van der Waals surface area contributed by atoms with Crippen LogP contribution in [0.3, 0.4) is 0 Å². The predicted octanol–water partition coefficient (Wildman–Crippen LogP) is 3.59. The Balaban J connectivity index is 2.39. The van der Waals surface area contributed by atoms with Crippen LogP contribution < -0.4 is 5.73 Å². The second-order valence-electron chi connectivity index (χ2n) is 7.01. The first-order valence-corrected chi connectivity index (χ1v) is 6.80. The molecular formula is C16H24FNO. The maximum Gasteiger partial charge on any atom is 0.123 e. The van der Waals surface area contributed by atoms with Crippen molar-refractivity contribution in [2.75, 3.05) is 0 Å². The Labute approximate surface area is 115 Å². The van der Waals surface area contributed by atoms with Gasteiger partial charge in [-0.05, 0) is 58.7 Å². The van der Waals surface area contributed by atoms with E-state index >= 15 is 0 Å². The highest BCUT2D eigenvalue weighted by Gasteiger charge is 2.52. The molecule has 1 aromatic carbocycles. The van der Waals surface area contributed by atoms with Crippen LogP contribution in [0.4, 0.5) is 4.39 Å². The number of benzene rings is 1. The zero-order valence-electron chi connectivity index (χ0n) is 12.5. The Morgan fingerprint density at radius 2 is 1.95 bits per heavy atom. The van der Waals surface area contributed by atoms with Gasteiger partial charge in [0.15, 0.2) is 0 Å². The normalized spacial score (nSPS) is 28.1. The van der Waals surface area contributed by atoms with Gasteiger partial charge in [0.05, 0.1) is 11.2 Å². The number of halogens is 1. The maximum absolute atomic E-state index is 13.4. The highest BCUT2D eigenvalue weighted by molar-refractivity contribution is 5.27. The summed E-state index contributed by atoms with van der Waals surface area (Å²) in [5, 5.41) is 0. The number of rotatable bonds is 2. The van der Waals surface area contributed by atoms with Gasteiger partial charge >= 0.3 is 0 Å². The Morgan fingerprint density at radius 1 is 1.32 bits per heavy atom. The fourth-order valence-corrected chi connectivity index (χ4v) is 3.52. The molecule has 2 atom stereocenters. The van der Waals surface area contributed by atoms with E-state index in [-0.39, 0.29) is 22.9 Å². The quantitative estimate of drug-likeness (QED) is 0.887. The van der Waals surface area contributed by atoms with Crippen molar-refractivity contribution < 1.29 is 9.13 Å². The van der Waals surface area contributed by atoms with Crippen LogP contribution in [-0.4, -0.2) is 11.2 Å². The summed E-state index contributed by atoms with van der Waals surface area (Å²) in [4.78, 5) is 0. The summed E-state index contributed by atoms with van der Waals surface area (Å²) >= 11 is 0. The summed E-state index contributed by atoms with van der Waals surface area (Å²) < 4.78 is 19.6. The third kappa shape index (κ3) is 2.67. The van der Waals surface area contributed by atoms with Gasteiger partial charge < -0.3 is 10.5 Å². The minimum atomic E-state index is -0.612. The van der Waals surface area contributed by atoms with Gasteiger partial charge in [0.2, 0.25) is 0 Å². The topological polar surface area (TPSA) is 35.2 Å². The molecular weight excluding hydrogens is 241 g/mol. The highest BCUT2D eigenvalue weighted by atomic mass is 19.1. The smallest absolute Gasteiger partial charge is 0.123 e. The number of hydrogen-bond acceptors (Lipinski definition) is 2. The van der Waals surface area contributed by atoms with Gasteiger partial charge in [-0.25, -0.2) is 4.39 Å². The van der Waals surface area contributed by atoms with Crippen molar-refractivity contribution in [2.45, 2.75) is 57.8 Å². The monoisotopic (exact) mass is 265 g/mol. The molecule has 3 heteroatoms. The first kappa shape index (κ1) is 14.5. The van der Waals surface area contributed by atoms with Gasteiger partial charge in [-0.2, -0.15) is 0 Å². The number of nitrogens with two attached hydrogens (primary N) is 1. The highest BCUT2D eigenvalue weighted by Crippen LogP contribution is 2.49. The zero-order valence-corrected chi connectivity index (χ0v) is 12.5. The lowest BCUT2D eigenvalue weighted by molar-refractivity contribution is -0.0814. The van der Waals surface area contributed by atoms with Crippen molar-refractivity contribution >= 4 is 0 Å². The Kier molecular flexibility index (Phi) is 3.27. The van der Waals surface area contributed by atoms with Crippen molar-refractivity contribution in [1.82, 2.24) is 0 Å². The molecule has 0 bridgehead atoms. The van der Waals surface area contributed by atoms with E-state index in [4.69, 9.17) is 10.5 Å². The average molecular weight is 265 g/mol. The molecule has 1 aliphatic heterocycles. The minimum absolute atomic E-state index is 0.136.